The number of nitrogens with zero attached hydrogens (tertiary/aromatic N) is 6. The van der Waals surface area contributed by atoms with Crippen molar-refractivity contribution in [2.75, 3.05) is 44.9 Å². The highest BCUT2D eigenvalue weighted by Gasteiger charge is 2.51. The number of ether oxygens (including phenoxy) is 2. The number of hydrogen-bond donors (Lipinski definition) is 6. The second-order valence-corrected chi connectivity index (χ2v) is 22.1. The van der Waals surface area contributed by atoms with E-state index in [1.54, 1.807) is 91.3 Å². The van der Waals surface area contributed by atoms with Gasteiger partial charge in [0.25, 0.3) is 5.91 Å². The van der Waals surface area contributed by atoms with Crippen LogP contribution in [0.15, 0.2) is 67.0 Å². The number of nitrogens with one attached hydrogen (secondary N) is 4. The molecule has 0 radical (unpaired) electrons. The maximum atomic E-state index is 16.0. The predicted octanol–water partition coefficient (Wildman–Crippen LogP) is 4.75. The Kier molecular flexibility index (Phi) is 16.9. The van der Waals surface area contributed by atoms with Crippen molar-refractivity contribution in [2.45, 2.75) is 111 Å². The van der Waals surface area contributed by atoms with E-state index >= 15 is 8.78 Å². The quantitative estimate of drug-likeness (QED) is 0.0658. The van der Waals surface area contributed by atoms with Crippen LogP contribution in [0.25, 0.3) is 11.3 Å². The normalized spacial score (nSPS) is 18.6. The molecule has 6 N–H and O–H groups in total. The van der Waals surface area contributed by atoms with Gasteiger partial charge in [-0.2, -0.15) is 5.10 Å². The fraction of sp³-hybridized carbons (Fsp3) is 0.500. The van der Waals surface area contributed by atoms with E-state index in [0.717, 1.165) is 42.9 Å². The third-order valence-electron chi connectivity index (χ3n) is 13.8. The van der Waals surface area contributed by atoms with Crippen molar-refractivity contribution >= 4 is 35.7 Å². The number of carbonyl (C=O) groups excluding carboxylic acids is 4. The Bertz CT molecular complexity index is 2760. The molecule has 0 aliphatic carbocycles. The zero-order valence-electron chi connectivity index (χ0n) is 43.9. The van der Waals surface area contributed by atoms with E-state index in [-0.39, 0.29) is 30.0 Å². The number of hydrogen-bond acceptors (Lipinski definition) is 12. The van der Waals surface area contributed by atoms with Gasteiger partial charge in [-0.15, -0.1) is 0 Å². The molecule has 6 atom stereocenters. The SMILES string of the molecule is COC(=O)N[C@H](C(=O)N[C@@H](Cc1ccc(C#Cc2ccc(N3CC4CCC(C3)N4C(=O)C3(C)COC3)nc2)cc1)[C@@H](O)CN(Cc1c(F)cc(-c2ccn(C)n2)cc1F)NC(=O)[C@@H](NC(=O)O)C(C)(C)C)C(C)(C)C. The molecule has 5 heterocycles. The lowest BCUT2D eigenvalue weighted by Crippen LogP contribution is -2.62. The molecule has 0 saturated carbocycles. The van der Waals surface area contributed by atoms with Gasteiger partial charge in [-0.25, -0.2) is 28.4 Å². The number of aliphatic hydroxyl groups excluding tert-OH is 1. The smallest absolute Gasteiger partial charge is 0.407 e. The largest absolute Gasteiger partial charge is 0.465 e. The van der Waals surface area contributed by atoms with E-state index in [1.807, 2.05) is 19.1 Å². The second-order valence-electron chi connectivity index (χ2n) is 22.1. The first-order valence-corrected chi connectivity index (χ1v) is 24.9. The lowest BCUT2D eigenvalue weighted by atomic mass is 9.85. The van der Waals surface area contributed by atoms with Crippen molar-refractivity contribution in [3.8, 4) is 23.1 Å². The van der Waals surface area contributed by atoms with Crippen molar-refractivity contribution in [3.63, 3.8) is 0 Å². The molecule has 3 saturated heterocycles. The minimum atomic E-state index is -1.59. The lowest BCUT2D eigenvalue weighted by molar-refractivity contribution is -0.172. The summed E-state index contributed by atoms with van der Waals surface area (Å²) in [4.78, 5) is 74.8. The first-order valence-electron chi connectivity index (χ1n) is 24.9. The van der Waals surface area contributed by atoms with Gasteiger partial charge in [0.2, 0.25) is 11.8 Å². The van der Waals surface area contributed by atoms with Crippen LogP contribution in [0.2, 0.25) is 0 Å². The number of benzene rings is 2. The van der Waals surface area contributed by atoms with Gasteiger partial charge in [-0.05, 0) is 85.0 Å². The highest BCUT2D eigenvalue weighted by molar-refractivity contribution is 5.87. The Morgan fingerprint density at radius 2 is 1.48 bits per heavy atom. The molecule has 21 heteroatoms. The number of aliphatic hydroxyl groups is 1. The van der Waals surface area contributed by atoms with Crippen LogP contribution in [-0.2, 0) is 43.9 Å². The van der Waals surface area contributed by atoms with E-state index in [9.17, 15) is 34.2 Å². The monoisotopic (exact) mass is 1040 g/mol. The van der Waals surface area contributed by atoms with Crippen LogP contribution in [0.4, 0.5) is 24.2 Å². The summed E-state index contributed by atoms with van der Waals surface area (Å²) >= 11 is 0. The first kappa shape index (κ1) is 55.6. The Balaban J connectivity index is 1.11. The highest BCUT2D eigenvalue weighted by atomic mass is 19.1. The minimum Gasteiger partial charge on any atom is -0.465 e. The third-order valence-corrected chi connectivity index (χ3v) is 13.8. The van der Waals surface area contributed by atoms with Crippen LogP contribution in [0.1, 0.15) is 83.6 Å². The molecule has 2 bridgehead atoms. The number of piperazine rings is 1. The summed E-state index contributed by atoms with van der Waals surface area (Å²) in [6.07, 6.45) is 1.27. The molecule has 2 aromatic carbocycles. The molecule has 402 valence electrons. The Hall–Kier alpha value is -7.15. The van der Waals surface area contributed by atoms with Crippen LogP contribution in [0, 0.1) is 39.7 Å². The zero-order chi connectivity index (χ0) is 54.6. The van der Waals surface area contributed by atoms with Crippen LogP contribution in [-0.4, -0.2) is 141 Å². The van der Waals surface area contributed by atoms with Gasteiger partial charge in [0.15, 0.2) is 0 Å². The van der Waals surface area contributed by atoms with Crippen LogP contribution in [0.3, 0.4) is 0 Å². The average Bonchev–Trinajstić information content (AvgIpc) is 3.89. The van der Waals surface area contributed by atoms with Gasteiger partial charge in [-0.3, -0.25) is 24.5 Å². The molecule has 19 nitrogen and oxygen atoms in total. The molecule has 2 aromatic heterocycles. The molecule has 4 aromatic rings. The predicted molar refractivity (Wildman–Crippen MR) is 273 cm³/mol. The number of carboxylic acid groups (broad SMARTS) is 1. The van der Waals surface area contributed by atoms with E-state index < -0.39 is 94.8 Å². The molecular weight excluding hydrogens is 971 g/mol. The summed E-state index contributed by atoms with van der Waals surface area (Å²) in [5.41, 5.74) is 2.24. The summed E-state index contributed by atoms with van der Waals surface area (Å²) in [5, 5.41) is 34.7. The maximum absolute atomic E-state index is 16.0. The van der Waals surface area contributed by atoms with Crippen LogP contribution < -0.4 is 26.3 Å². The Morgan fingerprint density at radius 3 is 2.00 bits per heavy atom. The summed E-state index contributed by atoms with van der Waals surface area (Å²) < 4.78 is 43.6. The number of carbonyl (C=O) groups is 5. The van der Waals surface area contributed by atoms with Gasteiger partial charge >= 0.3 is 12.2 Å². The molecule has 75 heavy (non-hydrogen) atoms. The molecule has 5 amide bonds. The summed E-state index contributed by atoms with van der Waals surface area (Å²) in [6, 6.07) is 11.2. The summed E-state index contributed by atoms with van der Waals surface area (Å²) in [6.45, 7) is 13.1. The van der Waals surface area contributed by atoms with E-state index in [4.69, 9.17) is 14.5 Å². The minimum absolute atomic E-state index is 0.0204. The number of halogens is 2. The average molecular weight is 1040 g/mol. The van der Waals surface area contributed by atoms with Crippen molar-refractivity contribution in [2.24, 2.45) is 23.3 Å². The summed E-state index contributed by atoms with van der Waals surface area (Å²) in [5.74, 6) is 3.77. The zero-order valence-corrected chi connectivity index (χ0v) is 43.9. The fourth-order valence-electron chi connectivity index (χ4n) is 9.62. The molecule has 3 aliphatic heterocycles. The van der Waals surface area contributed by atoms with E-state index in [0.29, 0.717) is 48.7 Å². The molecular formula is C54H68F2N10O9. The number of alkyl carbamates (subject to hydrolysis) is 1. The lowest BCUT2D eigenvalue weighted by Gasteiger charge is -2.47. The molecule has 3 aliphatic rings. The van der Waals surface area contributed by atoms with Crippen molar-refractivity contribution in [1.29, 1.82) is 0 Å². The number of aryl methyl sites for hydroxylation is 1. The van der Waals surface area contributed by atoms with Crippen LogP contribution in [0.5, 0.6) is 0 Å². The number of amides is 5. The van der Waals surface area contributed by atoms with Gasteiger partial charge in [0.1, 0.15) is 29.5 Å². The number of methoxy groups -OCH3 is 1. The molecule has 2 unspecified atom stereocenters. The van der Waals surface area contributed by atoms with Gasteiger partial charge in [0, 0.05) is 80.0 Å². The Labute approximate surface area is 435 Å². The number of rotatable bonds is 16. The van der Waals surface area contributed by atoms with Crippen molar-refractivity contribution in [1.82, 2.24) is 46.0 Å². The van der Waals surface area contributed by atoms with Gasteiger partial charge < -0.3 is 45.4 Å². The number of anilines is 1. The number of fused-ring (bicyclic) bond motifs is 2. The van der Waals surface area contributed by atoms with Gasteiger partial charge in [0.05, 0.1) is 43.6 Å². The topological polar surface area (TPSA) is 233 Å². The molecule has 0 spiro atoms. The van der Waals surface area contributed by atoms with E-state index in [1.165, 1.54) is 4.68 Å². The highest BCUT2D eigenvalue weighted by Crippen LogP contribution is 2.38. The second kappa shape index (κ2) is 22.8. The van der Waals surface area contributed by atoms with Crippen molar-refractivity contribution in [3.05, 3.63) is 101 Å². The third kappa shape index (κ3) is 13.6. The van der Waals surface area contributed by atoms with Crippen LogP contribution >= 0.6 is 0 Å². The maximum Gasteiger partial charge on any atom is 0.407 e. The summed E-state index contributed by atoms with van der Waals surface area (Å²) in [7, 11) is 2.81. The molecule has 3 fully saturated rings. The number of hydrazine groups is 1. The van der Waals surface area contributed by atoms with Crippen molar-refractivity contribution < 1.29 is 52.4 Å². The number of pyridine rings is 1. The first-order chi connectivity index (χ1) is 35.3. The standard InChI is InChI=1S/C54H68F2N10O9/c1-52(2,3)45(60-51(73)74-9)47(68)58-42(43(67)29-65(62-48(69)46(53(4,5)6)59-50(71)72)28-38-39(55)23-35(24-40(38)56)41-20-21-63(8)61-41)22-33-13-10-32(11-14-33)12-15-34-16-19-44(57-25-34)64-26-36-17-18-37(27-64)66(36)49(70)54(7)30-75-31-54/h10-11,13-14,16,19-21,23-25,36-37,42-43,45-46,59,67H,17-18,22,26-31H2,1-9H3,(H,58,68)(H,60,73)(H,62,69)(H,71,72)/t36?,37?,42-,43-,45+,46+/m0/s1. The number of aromatic nitrogens is 3. The van der Waals surface area contributed by atoms with E-state index in [2.05, 4.69) is 48.1 Å². The molecule has 7 rings (SSSR count). The van der Waals surface area contributed by atoms with Gasteiger partial charge in [-0.1, -0.05) is 65.5 Å². The Morgan fingerprint density at radius 1 is 0.880 bits per heavy atom. The fourth-order valence-corrected chi connectivity index (χ4v) is 9.62.